The Morgan fingerprint density at radius 1 is 1.18 bits per heavy atom. The maximum absolute atomic E-state index is 11.9. The molecule has 1 amide bonds. The summed E-state index contributed by atoms with van der Waals surface area (Å²) >= 11 is 0. The number of hydrogen-bond acceptors (Lipinski definition) is 2. The molecule has 17 heavy (non-hydrogen) atoms. The Kier molecular flexibility index (Phi) is 4.08. The highest BCUT2D eigenvalue weighted by atomic mass is 16.1. The first-order valence-electron chi connectivity index (χ1n) is 7.20. The number of carbonyl (C=O) groups excluding carboxylic acids is 1. The van der Waals surface area contributed by atoms with Crippen molar-refractivity contribution in [3.8, 4) is 0 Å². The van der Waals surface area contributed by atoms with E-state index in [1.54, 1.807) is 0 Å². The molecular weight excluding hydrogens is 212 g/mol. The molecule has 0 saturated heterocycles. The molecule has 0 bridgehead atoms. The minimum absolute atomic E-state index is 0.130. The largest absolute Gasteiger partial charge is 0.368 e. The fraction of sp³-hybridized carbons (Fsp3) is 0.929. The van der Waals surface area contributed by atoms with Crippen molar-refractivity contribution in [1.29, 1.82) is 0 Å². The van der Waals surface area contributed by atoms with Crippen molar-refractivity contribution >= 4 is 5.91 Å². The van der Waals surface area contributed by atoms with Gasteiger partial charge >= 0.3 is 0 Å². The third-order valence-corrected chi connectivity index (χ3v) is 4.55. The van der Waals surface area contributed by atoms with Crippen LogP contribution in [0, 0.1) is 5.92 Å². The molecule has 2 aliphatic carbocycles. The molecular formula is C14H26N2O. The van der Waals surface area contributed by atoms with Gasteiger partial charge in [-0.05, 0) is 31.6 Å². The minimum Gasteiger partial charge on any atom is -0.368 e. The zero-order valence-electron chi connectivity index (χ0n) is 11.0. The Morgan fingerprint density at radius 3 is 2.47 bits per heavy atom. The quantitative estimate of drug-likeness (QED) is 0.793. The van der Waals surface area contributed by atoms with Gasteiger partial charge in [0.15, 0.2) is 0 Å². The van der Waals surface area contributed by atoms with Crippen LogP contribution in [0.4, 0.5) is 0 Å². The molecule has 2 fully saturated rings. The number of carbonyl (C=O) groups is 1. The second-order valence-electron chi connectivity index (χ2n) is 6.13. The predicted octanol–water partition coefficient (Wildman–Crippen LogP) is 2.34. The van der Waals surface area contributed by atoms with Crippen molar-refractivity contribution in [2.45, 2.75) is 76.3 Å². The average molecular weight is 238 g/mol. The molecule has 0 aliphatic heterocycles. The molecule has 2 atom stereocenters. The fourth-order valence-corrected chi connectivity index (χ4v) is 3.61. The second-order valence-corrected chi connectivity index (χ2v) is 6.13. The molecule has 2 aliphatic rings. The molecule has 2 rings (SSSR count). The molecule has 3 N–H and O–H groups in total. The van der Waals surface area contributed by atoms with Crippen LogP contribution in [-0.4, -0.2) is 17.5 Å². The van der Waals surface area contributed by atoms with Crippen LogP contribution in [0.3, 0.4) is 0 Å². The summed E-state index contributed by atoms with van der Waals surface area (Å²) in [4.78, 5) is 11.9. The predicted molar refractivity (Wildman–Crippen MR) is 69.6 cm³/mol. The van der Waals surface area contributed by atoms with Crippen LogP contribution in [0.25, 0.3) is 0 Å². The number of hydrogen-bond donors (Lipinski definition) is 2. The topological polar surface area (TPSA) is 55.1 Å². The summed E-state index contributed by atoms with van der Waals surface area (Å²) in [5.41, 5.74) is 5.28. The van der Waals surface area contributed by atoms with Crippen molar-refractivity contribution in [3.63, 3.8) is 0 Å². The SMILES string of the molecule is CC1CCCC(NC2CCCCC2)(C(N)=O)C1. The van der Waals surface area contributed by atoms with E-state index in [4.69, 9.17) is 5.73 Å². The van der Waals surface area contributed by atoms with Crippen LogP contribution in [0.15, 0.2) is 0 Å². The number of primary amides is 1. The Morgan fingerprint density at radius 2 is 1.88 bits per heavy atom. The summed E-state index contributed by atoms with van der Waals surface area (Å²) in [5.74, 6) is 0.488. The van der Waals surface area contributed by atoms with Crippen LogP contribution in [0.1, 0.15) is 64.7 Å². The van der Waals surface area contributed by atoms with Gasteiger partial charge < -0.3 is 11.1 Å². The Hall–Kier alpha value is -0.570. The lowest BCUT2D eigenvalue weighted by Crippen LogP contribution is -2.60. The summed E-state index contributed by atoms with van der Waals surface area (Å²) in [6, 6.07) is 0.515. The van der Waals surface area contributed by atoms with Crippen molar-refractivity contribution in [2.24, 2.45) is 11.7 Å². The molecule has 0 heterocycles. The van der Waals surface area contributed by atoms with Crippen molar-refractivity contribution in [3.05, 3.63) is 0 Å². The van der Waals surface area contributed by atoms with Gasteiger partial charge in [-0.1, -0.05) is 39.0 Å². The van der Waals surface area contributed by atoms with Crippen LogP contribution in [0.5, 0.6) is 0 Å². The van der Waals surface area contributed by atoms with Crippen LogP contribution in [0.2, 0.25) is 0 Å². The standard InChI is InChI=1S/C14H26N2O/c1-11-6-5-9-14(10-11,13(15)17)16-12-7-3-2-4-8-12/h11-12,16H,2-10H2,1H3,(H2,15,17). The Balaban J connectivity index is 2.02. The lowest BCUT2D eigenvalue weighted by atomic mass is 9.75. The number of amides is 1. The van der Waals surface area contributed by atoms with E-state index < -0.39 is 5.54 Å². The van der Waals surface area contributed by atoms with Crippen LogP contribution < -0.4 is 11.1 Å². The van der Waals surface area contributed by atoms with E-state index in [0.717, 1.165) is 19.3 Å². The minimum atomic E-state index is -0.403. The van der Waals surface area contributed by atoms with E-state index in [1.807, 2.05) is 0 Å². The first-order chi connectivity index (χ1) is 8.12. The molecule has 0 aromatic heterocycles. The molecule has 98 valence electrons. The highest BCUT2D eigenvalue weighted by Gasteiger charge is 2.41. The van der Waals surface area contributed by atoms with E-state index in [1.165, 1.54) is 38.5 Å². The van der Waals surface area contributed by atoms with Crippen LogP contribution >= 0.6 is 0 Å². The van der Waals surface area contributed by atoms with Gasteiger partial charge in [0.05, 0.1) is 5.54 Å². The van der Waals surface area contributed by atoms with Crippen LogP contribution in [-0.2, 0) is 4.79 Å². The molecule has 3 heteroatoms. The smallest absolute Gasteiger partial charge is 0.237 e. The lowest BCUT2D eigenvalue weighted by Gasteiger charge is -2.41. The first kappa shape index (κ1) is 12.9. The highest BCUT2D eigenvalue weighted by Crippen LogP contribution is 2.33. The third-order valence-electron chi connectivity index (χ3n) is 4.55. The Bertz CT molecular complexity index is 273. The zero-order chi connectivity index (χ0) is 12.3. The summed E-state index contributed by atoms with van der Waals surface area (Å²) in [5, 5.41) is 3.63. The Labute approximate surface area is 105 Å². The van der Waals surface area contributed by atoms with E-state index >= 15 is 0 Å². The maximum atomic E-state index is 11.9. The second kappa shape index (κ2) is 5.38. The summed E-state index contributed by atoms with van der Waals surface area (Å²) < 4.78 is 0. The van der Waals surface area contributed by atoms with Crippen molar-refractivity contribution in [1.82, 2.24) is 5.32 Å². The molecule has 0 radical (unpaired) electrons. The molecule has 0 spiro atoms. The lowest BCUT2D eigenvalue weighted by molar-refractivity contribution is -0.127. The van der Waals surface area contributed by atoms with Gasteiger partial charge in [-0.2, -0.15) is 0 Å². The van der Waals surface area contributed by atoms with Gasteiger partial charge in [0.25, 0.3) is 0 Å². The van der Waals surface area contributed by atoms with E-state index in [-0.39, 0.29) is 5.91 Å². The van der Waals surface area contributed by atoms with E-state index in [0.29, 0.717) is 12.0 Å². The van der Waals surface area contributed by atoms with Gasteiger partial charge in [-0.3, -0.25) is 4.79 Å². The monoisotopic (exact) mass is 238 g/mol. The number of nitrogens with one attached hydrogen (secondary N) is 1. The molecule has 3 nitrogen and oxygen atoms in total. The third kappa shape index (κ3) is 3.01. The first-order valence-corrected chi connectivity index (χ1v) is 7.20. The average Bonchev–Trinajstić information content (AvgIpc) is 2.30. The van der Waals surface area contributed by atoms with Gasteiger partial charge in [0.2, 0.25) is 5.91 Å². The molecule has 2 saturated carbocycles. The van der Waals surface area contributed by atoms with Gasteiger partial charge in [0, 0.05) is 6.04 Å². The van der Waals surface area contributed by atoms with E-state index in [2.05, 4.69) is 12.2 Å². The maximum Gasteiger partial charge on any atom is 0.237 e. The molecule has 2 unspecified atom stereocenters. The molecule has 0 aromatic carbocycles. The summed E-state index contributed by atoms with van der Waals surface area (Å²) in [6.07, 6.45) is 10.6. The van der Waals surface area contributed by atoms with Crippen molar-refractivity contribution < 1.29 is 4.79 Å². The normalized spacial score (nSPS) is 35.7. The van der Waals surface area contributed by atoms with Gasteiger partial charge in [-0.15, -0.1) is 0 Å². The van der Waals surface area contributed by atoms with Crippen molar-refractivity contribution in [2.75, 3.05) is 0 Å². The highest BCUT2D eigenvalue weighted by molar-refractivity contribution is 5.84. The molecule has 0 aromatic rings. The van der Waals surface area contributed by atoms with Gasteiger partial charge in [0.1, 0.15) is 0 Å². The van der Waals surface area contributed by atoms with Gasteiger partial charge in [-0.25, -0.2) is 0 Å². The number of rotatable bonds is 3. The zero-order valence-corrected chi connectivity index (χ0v) is 11.0. The fourth-order valence-electron chi connectivity index (χ4n) is 3.61. The summed E-state index contributed by atoms with van der Waals surface area (Å²) in [7, 11) is 0. The summed E-state index contributed by atoms with van der Waals surface area (Å²) in [6.45, 7) is 2.24. The number of nitrogens with two attached hydrogens (primary N) is 1. The van der Waals surface area contributed by atoms with E-state index in [9.17, 15) is 4.79 Å².